The summed E-state index contributed by atoms with van der Waals surface area (Å²) in [5.74, 6) is 0.218. The van der Waals surface area contributed by atoms with Crippen LogP contribution in [0.5, 0.6) is 0 Å². The smallest absolute Gasteiger partial charge is 0.257 e. The first-order valence-electron chi connectivity index (χ1n) is 7.59. The Balaban J connectivity index is 1.71. The van der Waals surface area contributed by atoms with Crippen LogP contribution in [0.2, 0.25) is 0 Å². The van der Waals surface area contributed by atoms with Gasteiger partial charge in [0.25, 0.3) is 6.43 Å². The lowest BCUT2D eigenvalue weighted by molar-refractivity contribution is 0.122. The highest BCUT2D eigenvalue weighted by Crippen LogP contribution is 2.23. The van der Waals surface area contributed by atoms with Crippen LogP contribution in [0, 0.1) is 12.7 Å². The molecule has 25 heavy (non-hydrogen) atoms. The lowest BCUT2D eigenvalue weighted by Crippen LogP contribution is -2.08. The zero-order valence-corrected chi connectivity index (χ0v) is 13.6. The Bertz CT molecular complexity index is 861. The van der Waals surface area contributed by atoms with Crippen molar-refractivity contribution in [2.75, 3.05) is 5.32 Å². The highest BCUT2D eigenvalue weighted by molar-refractivity contribution is 5.55. The van der Waals surface area contributed by atoms with E-state index in [1.807, 2.05) is 0 Å². The molecule has 0 bridgehead atoms. The topological polar surface area (TPSA) is 68.8 Å². The second kappa shape index (κ2) is 6.96. The molecular formula is C16H16F3N5O. The summed E-state index contributed by atoms with van der Waals surface area (Å²) in [4.78, 5) is 4.25. The second-order valence-corrected chi connectivity index (χ2v) is 5.63. The summed E-state index contributed by atoms with van der Waals surface area (Å²) in [7, 11) is 0. The minimum absolute atomic E-state index is 0.274. The summed E-state index contributed by atoms with van der Waals surface area (Å²) >= 11 is 0. The lowest BCUT2D eigenvalue weighted by atomic mass is 10.1. The van der Waals surface area contributed by atoms with Crippen LogP contribution in [0.3, 0.4) is 0 Å². The maximum Gasteiger partial charge on any atom is 0.257 e. The summed E-state index contributed by atoms with van der Waals surface area (Å²) in [6.45, 7) is 2.97. The van der Waals surface area contributed by atoms with Gasteiger partial charge in [-0.1, -0.05) is 17.3 Å². The van der Waals surface area contributed by atoms with E-state index in [-0.39, 0.29) is 23.6 Å². The first-order valence-corrected chi connectivity index (χ1v) is 7.59. The number of anilines is 1. The molecular weight excluding hydrogens is 335 g/mol. The standard InChI is InChI=1S/C16H16F3N5O/c1-9-3-4-11(5-13(9)17)15-22-16(25-23-15)10(2)21-12-6-20-24(7-12)8-14(18)19/h3-7,10,14,21H,8H2,1-2H3. The van der Waals surface area contributed by atoms with Gasteiger partial charge in [-0.2, -0.15) is 10.1 Å². The molecule has 1 unspecified atom stereocenters. The molecule has 6 nitrogen and oxygen atoms in total. The van der Waals surface area contributed by atoms with Crippen molar-refractivity contribution in [2.24, 2.45) is 0 Å². The van der Waals surface area contributed by atoms with E-state index in [1.165, 1.54) is 18.5 Å². The quantitative estimate of drug-likeness (QED) is 0.731. The SMILES string of the molecule is Cc1ccc(-c2noc(C(C)Nc3cnn(CC(F)F)c3)n2)cc1F. The minimum Gasteiger partial charge on any atom is -0.371 e. The average Bonchev–Trinajstić information content (AvgIpc) is 3.19. The van der Waals surface area contributed by atoms with Gasteiger partial charge in [0.2, 0.25) is 11.7 Å². The maximum atomic E-state index is 13.6. The van der Waals surface area contributed by atoms with Crippen LogP contribution in [0.15, 0.2) is 35.1 Å². The molecule has 9 heteroatoms. The van der Waals surface area contributed by atoms with Crippen LogP contribution in [0.25, 0.3) is 11.4 Å². The van der Waals surface area contributed by atoms with E-state index in [2.05, 4.69) is 20.6 Å². The Morgan fingerprint density at radius 2 is 2.12 bits per heavy atom. The Hall–Kier alpha value is -2.84. The van der Waals surface area contributed by atoms with Gasteiger partial charge >= 0.3 is 0 Å². The van der Waals surface area contributed by atoms with Crippen LogP contribution < -0.4 is 5.32 Å². The Labute approximate surface area is 141 Å². The zero-order valence-electron chi connectivity index (χ0n) is 13.6. The number of halogens is 3. The van der Waals surface area contributed by atoms with Crippen molar-refractivity contribution in [2.45, 2.75) is 32.9 Å². The van der Waals surface area contributed by atoms with Gasteiger partial charge in [0, 0.05) is 11.8 Å². The summed E-state index contributed by atoms with van der Waals surface area (Å²) < 4.78 is 44.7. The van der Waals surface area contributed by atoms with Crippen LogP contribution >= 0.6 is 0 Å². The molecule has 2 heterocycles. The van der Waals surface area contributed by atoms with E-state index in [9.17, 15) is 13.2 Å². The van der Waals surface area contributed by atoms with Gasteiger partial charge in [-0.3, -0.25) is 4.68 Å². The Morgan fingerprint density at radius 3 is 2.84 bits per heavy atom. The van der Waals surface area contributed by atoms with E-state index >= 15 is 0 Å². The number of rotatable bonds is 6. The summed E-state index contributed by atoms with van der Waals surface area (Å²) in [5, 5.41) is 10.7. The average molecular weight is 351 g/mol. The van der Waals surface area contributed by atoms with Crippen molar-refractivity contribution >= 4 is 5.69 Å². The van der Waals surface area contributed by atoms with Crippen molar-refractivity contribution in [1.29, 1.82) is 0 Å². The van der Waals surface area contributed by atoms with Crippen molar-refractivity contribution in [1.82, 2.24) is 19.9 Å². The largest absolute Gasteiger partial charge is 0.371 e. The number of aryl methyl sites for hydroxylation is 1. The molecule has 0 amide bonds. The van der Waals surface area contributed by atoms with E-state index < -0.39 is 13.0 Å². The molecule has 0 saturated heterocycles. The first-order chi connectivity index (χ1) is 11.9. The normalized spacial score (nSPS) is 12.6. The Morgan fingerprint density at radius 1 is 1.32 bits per heavy atom. The first kappa shape index (κ1) is 17.0. The molecule has 1 aromatic carbocycles. The molecule has 0 aliphatic rings. The Kier molecular flexibility index (Phi) is 4.73. The fraction of sp³-hybridized carbons (Fsp3) is 0.312. The van der Waals surface area contributed by atoms with Crippen LogP contribution in [-0.2, 0) is 6.54 Å². The van der Waals surface area contributed by atoms with Crippen molar-refractivity contribution in [3.8, 4) is 11.4 Å². The molecule has 0 saturated carbocycles. The molecule has 132 valence electrons. The molecule has 3 rings (SSSR count). The molecule has 0 aliphatic carbocycles. The highest BCUT2D eigenvalue weighted by Gasteiger charge is 2.17. The van der Waals surface area contributed by atoms with Crippen molar-refractivity contribution in [3.05, 3.63) is 47.9 Å². The fourth-order valence-electron chi connectivity index (χ4n) is 2.25. The summed E-state index contributed by atoms with van der Waals surface area (Å²) in [6, 6.07) is 4.32. The van der Waals surface area contributed by atoms with Gasteiger partial charge < -0.3 is 9.84 Å². The van der Waals surface area contributed by atoms with Gasteiger partial charge in [-0.15, -0.1) is 0 Å². The van der Waals surface area contributed by atoms with Gasteiger partial charge in [0.1, 0.15) is 18.4 Å². The fourth-order valence-corrected chi connectivity index (χ4v) is 2.25. The van der Waals surface area contributed by atoms with Crippen molar-refractivity contribution in [3.63, 3.8) is 0 Å². The molecule has 1 N–H and O–H groups in total. The molecule has 2 aromatic heterocycles. The number of nitrogens with one attached hydrogen (secondary N) is 1. The lowest BCUT2D eigenvalue weighted by Gasteiger charge is -2.08. The van der Waals surface area contributed by atoms with Gasteiger partial charge in [0.05, 0.1) is 11.9 Å². The summed E-state index contributed by atoms with van der Waals surface area (Å²) in [5.41, 5.74) is 1.59. The highest BCUT2D eigenvalue weighted by atomic mass is 19.3. The molecule has 0 fully saturated rings. The number of benzene rings is 1. The predicted molar refractivity (Wildman–Crippen MR) is 84.7 cm³/mol. The van der Waals surface area contributed by atoms with Crippen LogP contribution in [-0.4, -0.2) is 26.3 Å². The molecule has 1 atom stereocenters. The van der Waals surface area contributed by atoms with E-state index in [1.54, 1.807) is 26.0 Å². The summed E-state index contributed by atoms with van der Waals surface area (Å²) in [6.07, 6.45) is 0.430. The predicted octanol–water partition coefficient (Wildman–Crippen LogP) is 3.82. The second-order valence-electron chi connectivity index (χ2n) is 5.63. The monoisotopic (exact) mass is 351 g/mol. The van der Waals surface area contributed by atoms with E-state index in [0.29, 0.717) is 16.8 Å². The van der Waals surface area contributed by atoms with E-state index in [0.717, 1.165) is 4.68 Å². The maximum absolute atomic E-state index is 13.6. The molecule has 3 aromatic rings. The third-order valence-electron chi connectivity index (χ3n) is 3.58. The van der Waals surface area contributed by atoms with E-state index in [4.69, 9.17) is 4.52 Å². The number of aromatic nitrogens is 4. The van der Waals surface area contributed by atoms with Crippen LogP contribution in [0.4, 0.5) is 18.9 Å². The van der Waals surface area contributed by atoms with Gasteiger partial charge in [0.15, 0.2) is 0 Å². The third kappa shape index (κ3) is 3.98. The zero-order chi connectivity index (χ0) is 18.0. The van der Waals surface area contributed by atoms with Gasteiger partial charge in [-0.05, 0) is 25.5 Å². The third-order valence-corrected chi connectivity index (χ3v) is 3.58. The molecule has 0 radical (unpaired) electrons. The van der Waals surface area contributed by atoms with Crippen molar-refractivity contribution < 1.29 is 17.7 Å². The van der Waals surface area contributed by atoms with Gasteiger partial charge in [-0.25, -0.2) is 13.2 Å². The number of nitrogens with zero attached hydrogens (tertiary/aromatic N) is 4. The number of alkyl halides is 2. The molecule has 0 aliphatic heterocycles. The van der Waals surface area contributed by atoms with Crippen LogP contribution in [0.1, 0.15) is 24.4 Å². The number of hydrogen-bond acceptors (Lipinski definition) is 5. The molecule has 0 spiro atoms. The minimum atomic E-state index is -2.47. The number of hydrogen-bond donors (Lipinski definition) is 1.